The van der Waals surface area contributed by atoms with Crippen molar-refractivity contribution in [2.45, 2.75) is 31.8 Å². The molecule has 3 rings (SSSR count). The van der Waals surface area contributed by atoms with Crippen LogP contribution in [0.25, 0.3) is 0 Å². The zero-order chi connectivity index (χ0) is 16.9. The Morgan fingerprint density at radius 3 is 2.75 bits per heavy atom. The summed E-state index contributed by atoms with van der Waals surface area (Å²) in [5.41, 5.74) is 0.805. The molecule has 1 aromatic heterocycles. The second-order valence-electron chi connectivity index (χ2n) is 5.97. The van der Waals surface area contributed by atoms with E-state index in [0.717, 1.165) is 31.4 Å². The third-order valence-corrected chi connectivity index (χ3v) is 4.17. The highest BCUT2D eigenvalue weighted by Gasteiger charge is 2.21. The molecule has 0 saturated carbocycles. The highest BCUT2D eigenvalue weighted by atomic mass is 19.1. The maximum atomic E-state index is 13.0. The quantitative estimate of drug-likeness (QED) is 0.903. The van der Waals surface area contributed by atoms with Gasteiger partial charge in [-0.2, -0.15) is 0 Å². The Balaban J connectivity index is 1.74. The van der Waals surface area contributed by atoms with Crippen LogP contribution in [0.4, 0.5) is 10.1 Å². The van der Waals surface area contributed by atoms with Crippen LogP contribution in [0.3, 0.4) is 0 Å². The van der Waals surface area contributed by atoms with E-state index in [2.05, 4.69) is 10.6 Å². The molecule has 126 valence electrons. The fourth-order valence-electron chi connectivity index (χ4n) is 2.84. The van der Waals surface area contributed by atoms with Gasteiger partial charge in [0.05, 0.1) is 12.6 Å². The van der Waals surface area contributed by atoms with Gasteiger partial charge in [-0.1, -0.05) is 18.6 Å². The number of carbonyl (C=O) groups excluding carboxylic acids is 1. The summed E-state index contributed by atoms with van der Waals surface area (Å²) < 4.78 is 14.5. The van der Waals surface area contributed by atoms with Crippen molar-refractivity contribution in [2.75, 3.05) is 11.9 Å². The molecule has 1 fully saturated rings. The molecule has 6 heteroatoms. The first-order valence-electron chi connectivity index (χ1n) is 8.11. The minimum atomic E-state index is -0.313. The maximum absolute atomic E-state index is 13.0. The molecule has 1 saturated heterocycles. The molecule has 2 N–H and O–H groups in total. The summed E-state index contributed by atoms with van der Waals surface area (Å²) in [6.07, 6.45) is 4.51. The van der Waals surface area contributed by atoms with E-state index in [9.17, 15) is 14.0 Å². The monoisotopic (exact) mass is 329 g/mol. The molecule has 1 unspecified atom stereocenters. The van der Waals surface area contributed by atoms with Gasteiger partial charge in [0, 0.05) is 6.20 Å². The summed E-state index contributed by atoms with van der Waals surface area (Å²) in [5, 5.41) is 5.88. The number of nitrogens with one attached hydrogen (secondary N) is 2. The number of carbonyl (C=O) groups is 1. The van der Waals surface area contributed by atoms with Gasteiger partial charge >= 0.3 is 0 Å². The van der Waals surface area contributed by atoms with Crippen LogP contribution >= 0.6 is 0 Å². The predicted molar refractivity (Wildman–Crippen MR) is 90.5 cm³/mol. The molecule has 2 heterocycles. The fourth-order valence-corrected chi connectivity index (χ4v) is 2.84. The van der Waals surface area contributed by atoms with Crippen LogP contribution in [0.1, 0.15) is 24.8 Å². The molecular formula is C18H20FN3O2. The number of piperidine rings is 1. The summed E-state index contributed by atoms with van der Waals surface area (Å²) in [5.74, 6) is -0.488. The standard InChI is InChI=1S/C18H20FN3O2/c19-14-8-6-13(7-9-14)12-22-11-3-5-16(18(22)24)21-17(23)15-4-1-2-10-20-15/h3,5-9,11,15,20H,1-2,4,10,12H2,(H,21,23). The van der Waals surface area contributed by atoms with Gasteiger partial charge in [-0.15, -0.1) is 0 Å². The first-order valence-corrected chi connectivity index (χ1v) is 8.11. The van der Waals surface area contributed by atoms with E-state index in [-0.39, 0.29) is 29.0 Å². The van der Waals surface area contributed by atoms with Crippen LogP contribution in [0.2, 0.25) is 0 Å². The van der Waals surface area contributed by atoms with Crippen LogP contribution in [-0.2, 0) is 11.3 Å². The van der Waals surface area contributed by atoms with Crippen molar-refractivity contribution in [3.8, 4) is 0 Å². The molecule has 0 spiro atoms. The van der Waals surface area contributed by atoms with E-state index in [1.54, 1.807) is 30.5 Å². The molecule has 1 aliphatic rings. The van der Waals surface area contributed by atoms with Crippen molar-refractivity contribution < 1.29 is 9.18 Å². The molecule has 24 heavy (non-hydrogen) atoms. The van der Waals surface area contributed by atoms with Crippen molar-refractivity contribution in [2.24, 2.45) is 0 Å². The van der Waals surface area contributed by atoms with Gasteiger partial charge in [0.1, 0.15) is 11.5 Å². The predicted octanol–water partition coefficient (Wildman–Crippen LogP) is 2.12. The topological polar surface area (TPSA) is 63.1 Å². The van der Waals surface area contributed by atoms with Crippen LogP contribution in [0.5, 0.6) is 0 Å². The first-order chi connectivity index (χ1) is 11.6. The van der Waals surface area contributed by atoms with Crippen molar-refractivity contribution in [1.82, 2.24) is 9.88 Å². The van der Waals surface area contributed by atoms with Crippen LogP contribution < -0.4 is 16.2 Å². The number of halogens is 1. The number of benzene rings is 1. The molecule has 0 radical (unpaired) electrons. The summed E-state index contributed by atoms with van der Waals surface area (Å²) in [4.78, 5) is 24.8. The zero-order valence-electron chi connectivity index (χ0n) is 13.3. The number of hydrogen-bond donors (Lipinski definition) is 2. The summed E-state index contributed by atoms with van der Waals surface area (Å²) in [6, 6.07) is 9.07. The lowest BCUT2D eigenvalue weighted by Crippen LogP contribution is -2.44. The van der Waals surface area contributed by atoms with Gasteiger partial charge in [0.2, 0.25) is 5.91 Å². The van der Waals surface area contributed by atoms with Crippen LogP contribution in [0.15, 0.2) is 47.4 Å². The molecule has 5 nitrogen and oxygen atoms in total. The largest absolute Gasteiger partial charge is 0.320 e. The molecule has 1 aromatic carbocycles. The molecular weight excluding hydrogens is 309 g/mol. The highest BCUT2D eigenvalue weighted by Crippen LogP contribution is 2.10. The maximum Gasteiger partial charge on any atom is 0.274 e. The third-order valence-electron chi connectivity index (χ3n) is 4.17. The highest BCUT2D eigenvalue weighted by molar-refractivity contribution is 5.94. The Bertz CT molecular complexity index is 765. The molecule has 0 aliphatic carbocycles. The first kappa shape index (κ1) is 16.4. The number of nitrogens with zero attached hydrogens (tertiary/aromatic N) is 1. The summed E-state index contributed by atoms with van der Waals surface area (Å²) >= 11 is 0. The minimum Gasteiger partial charge on any atom is -0.320 e. The lowest BCUT2D eigenvalue weighted by Gasteiger charge is -2.22. The van der Waals surface area contributed by atoms with Gasteiger partial charge in [-0.3, -0.25) is 9.59 Å². The van der Waals surface area contributed by atoms with Gasteiger partial charge in [0.15, 0.2) is 0 Å². The van der Waals surface area contributed by atoms with Crippen molar-refractivity contribution in [1.29, 1.82) is 0 Å². The van der Waals surface area contributed by atoms with Gasteiger partial charge in [0.25, 0.3) is 5.56 Å². The average Bonchev–Trinajstić information content (AvgIpc) is 2.61. The van der Waals surface area contributed by atoms with Crippen LogP contribution in [0, 0.1) is 5.82 Å². The van der Waals surface area contributed by atoms with Crippen molar-refractivity contribution >= 4 is 11.6 Å². The van der Waals surface area contributed by atoms with E-state index in [1.165, 1.54) is 16.7 Å². The van der Waals surface area contributed by atoms with E-state index in [4.69, 9.17) is 0 Å². The number of anilines is 1. The zero-order valence-corrected chi connectivity index (χ0v) is 13.3. The number of rotatable bonds is 4. The molecule has 2 aromatic rings. The number of pyridine rings is 1. The normalized spacial score (nSPS) is 17.5. The van der Waals surface area contributed by atoms with Gasteiger partial charge < -0.3 is 15.2 Å². The summed E-state index contributed by atoms with van der Waals surface area (Å²) in [7, 11) is 0. The van der Waals surface area contributed by atoms with Gasteiger partial charge in [-0.05, 0) is 49.2 Å². The molecule has 1 atom stereocenters. The molecule has 1 amide bonds. The third kappa shape index (κ3) is 3.89. The Morgan fingerprint density at radius 1 is 1.25 bits per heavy atom. The Labute approximate surface area is 139 Å². The van der Waals surface area contributed by atoms with E-state index >= 15 is 0 Å². The average molecular weight is 329 g/mol. The molecule has 0 bridgehead atoms. The van der Waals surface area contributed by atoms with E-state index < -0.39 is 0 Å². The van der Waals surface area contributed by atoms with Crippen molar-refractivity contribution in [3.63, 3.8) is 0 Å². The Hall–Kier alpha value is -2.47. The minimum absolute atomic E-state index is 0.175. The lowest BCUT2D eigenvalue weighted by atomic mass is 10.0. The fraction of sp³-hybridized carbons (Fsp3) is 0.333. The second kappa shape index (κ2) is 7.40. The second-order valence-corrected chi connectivity index (χ2v) is 5.97. The van der Waals surface area contributed by atoms with E-state index in [1.807, 2.05) is 0 Å². The Kier molecular flexibility index (Phi) is 5.05. The Morgan fingerprint density at radius 2 is 2.04 bits per heavy atom. The lowest BCUT2D eigenvalue weighted by molar-refractivity contribution is -0.118. The van der Waals surface area contributed by atoms with Crippen molar-refractivity contribution in [3.05, 3.63) is 64.3 Å². The molecule has 1 aliphatic heterocycles. The number of amides is 1. The van der Waals surface area contributed by atoms with E-state index in [0.29, 0.717) is 6.54 Å². The van der Waals surface area contributed by atoms with Crippen LogP contribution in [-0.4, -0.2) is 23.1 Å². The van der Waals surface area contributed by atoms with Gasteiger partial charge in [-0.25, -0.2) is 4.39 Å². The summed E-state index contributed by atoms with van der Waals surface area (Å²) in [6.45, 7) is 1.15. The smallest absolute Gasteiger partial charge is 0.274 e. The number of aromatic nitrogens is 1. The number of hydrogen-bond acceptors (Lipinski definition) is 3. The SMILES string of the molecule is O=C(Nc1cccn(Cc2ccc(F)cc2)c1=O)C1CCCCN1.